The third-order valence-corrected chi connectivity index (χ3v) is 5.78. The Hall–Kier alpha value is 1.96. The molecule has 0 N–H and O–H groups in total. The fraction of sp³-hybridized carbons (Fsp3) is 1.00. The Morgan fingerprint density at radius 3 is 0.793 bits per heavy atom. The van der Waals surface area contributed by atoms with E-state index in [1.807, 2.05) is 0 Å². The second kappa shape index (κ2) is 34.6. The number of ether oxygens (including phenoxy) is 1. The zero-order valence-electron chi connectivity index (χ0n) is 23.4. The summed E-state index contributed by atoms with van der Waals surface area (Å²) >= 11 is 0. The third-order valence-electron chi connectivity index (χ3n) is 5.78. The standard InChI is InChI=1S/C26H54O.2Na.2H/c1-3-5-7-9-11-13-15-17-19-21-23-25-27-26-24-22-20-18-16-14-12-10-8-6-4-2;;;;/h3-26H2,1-2H3;;;;/q;2*+1;2*-1. The molecule has 0 radical (unpaired) electrons. The zero-order valence-corrected chi connectivity index (χ0v) is 25.4. The van der Waals surface area contributed by atoms with Crippen LogP contribution in [0.15, 0.2) is 0 Å². The SMILES string of the molecule is CCCCCCCCCCCCCOCCCCCCCCCCCCC.[H-].[H-].[Na+].[Na+]. The second-order valence-electron chi connectivity index (χ2n) is 8.68. The molecule has 0 aliphatic rings. The van der Waals surface area contributed by atoms with Crippen molar-refractivity contribution in [3.05, 3.63) is 0 Å². The Morgan fingerprint density at radius 2 is 0.552 bits per heavy atom. The molecule has 0 saturated heterocycles. The zero-order chi connectivity index (χ0) is 19.7. The van der Waals surface area contributed by atoms with Crippen molar-refractivity contribution in [2.24, 2.45) is 0 Å². The molecule has 168 valence electrons. The van der Waals surface area contributed by atoms with Crippen LogP contribution in [-0.2, 0) is 4.74 Å². The maximum atomic E-state index is 5.80. The summed E-state index contributed by atoms with van der Waals surface area (Å²) in [6.07, 6.45) is 31.1. The van der Waals surface area contributed by atoms with Crippen molar-refractivity contribution in [2.45, 2.75) is 155 Å². The van der Waals surface area contributed by atoms with Crippen molar-refractivity contribution in [3.63, 3.8) is 0 Å². The minimum absolute atomic E-state index is 0. The molecule has 0 spiro atoms. The molecule has 0 aromatic heterocycles. The van der Waals surface area contributed by atoms with E-state index in [0.717, 1.165) is 13.2 Å². The van der Waals surface area contributed by atoms with Crippen molar-refractivity contribution < 1.29 is 66.7 Å². The smallest absolute Gasteiger partial charge is 1.00 e. The van der Waals surface area contributed by atoms with Gasteiger partial charge in [-0.15, -0.1) is 0 Å². The summed E-state index contributed by atoms with van der Waals surface area (Å²) in [5, 5.41) is 0. The van der Waals surface area contributed by atoms with Gasteiger partial charge in [0.05, 0.1) is 0 Å². The van der Waals surface area contributed by atoms with Gasteiger partial charge in [0.25, 0.3) is 0 Å². The van der Waals surface area contributed by atoms with Crippen LogP contribution in [0.25, 0.3) is 0 Å². The van der Waals surface area contributed by atoms with E-state index >= 15 is 0 Å². The summed E-state index contributed by atoms with van der Waals surface area (Å²) in [6.45, 7) is 6.58. The first-order valence-electron chi connectivity index (χ1n) is 13.0. The van der Waals surface area contributed by atoms with Crippen LogP contribution in [0.5, 0.6) is 0 Å². The first-order valence-corrected chi connectivity index (χ1v) is 13.0. The molecule has 1 nitrogen and oxygen atoms in total. The van der Waals surface area contributed by atoms with E-state index in [2.05, 4.69) is 13.8 Å². The Kier molecular flexibility index (Phi) is 42.4. The molecule has 0 rings (SSSR count). The molecule has 0 heterocycles. The number of unbranched alkanes of at least 4 members (excludes halogenated alkanes) is 20. The fourth-order valence-corrected chi connectivity index (χ4v) is 3.84. The van der Waals surface area contributed by atoms with E-state index in [-0.39, 0.29) is 62.0 Å². The topological polar surface area (TPSA) is 9.23 Å². The average molecular weight is 431 g/mol. The maximum Gasteiger partial charge on any atom is 1.00 e. The molecule has 0 aromatic rings. The summed E-state index contributed by atoms with van der Waals surface area (Å²) in [5.41, 5.74) is 0. The van der Waals surface area contributed by atoms with Crippen molar-refractivity contribution in [2.75, 3.05) is 13.2 Å². The predicted molar refractivity (Wildman–Crippen MR) is 126 cm³/mol. The van der Waals surface area contributed by atoms with Crippen LogP contribution >= 0.6 is 0 Å². The van der Waals surface area contributed by atoms with Crippen molar-refractivity contribution in [3.8, 4) is 0 Å². The minimum Gasteiger partial charge on any atom is -1.00 e. The van der Waals surface area contributed by atoms with Gasteiger partial charge >= 0.3 is 59.1 Å². The van der Waals surface area contributed by atoms with Gasteiger partial charge in [-0.1, -0.05) is 142 Å². The van der Waals surface area contributed by atoms with Gasteiger partial charge in [-0.05, 0) is 12.8 Å². The molecule has 0 fully saturated rings. The largest absolute Gasteiger partial charge is 1.00 e. The van der Waals surface area contributed by atoms with Crippen LogP contribution in [0.1, 0.15) is 158 Å². The van der Waals surface area contributed by atoms with E-state index in [1.165, 1.54) is 141 Å². The summed E-state index contributed by atoms with van der Waals surface area (Å²) < 4.78 is 5.80. The Morgan fingerprint density at radius 1 is 0.345 bits per heavy atom. The molecule has 0 atom stereocenters. The molecular weight excluding hydrogens is 374 g/mol. The molecule has 29 heavy (non-hydrogen) atoms. The van der Waals surface area contributed by atoms with E-state index in [1.54, 1.807) is 0 Å². The van der Waals surface area contributed by atoms with Crippen molar-refractivity contribution in [1.29, 1.82) is 0 Å². The number of hydrogen-bond donors (Lipinski definition) is 0. The monoisotopic (exact) mass is 430 g/mol. The molecule has 3 heteroatoms. The molecule has 0 aliphatic carbocycles. The van der Waals surface area contributed by atoms with Gasteiger partial charge in [-0.2, -0.15) is 0 Å². The number of rotatable bonds is 24. The van der Waals surface area contributed by atoms with Crippen molar-refractivity contribution >= 4 is 0 Å². The second-order valence-corrected chi connectivity index (χ2v) is 8.68. The van der Waals surface area contributed by atoms with E-state index in [9.17, 15) is 0 Å². The van der Waals surface area contributed by atoms with Gasteiger partial charge in [0.15, 0.2) is 0 Å². The Labute approximate surface area is 233 Å². The normalized spacial score (nSPS) is 10.6. The predicted octanol–water partition coefficient (Wildman–Crippen LogP) is 3.86. The van der Waals surface area contributed by atoms with Gasteiger partial charge in [0.2, 0.25) is 0 Å². The molecule has 0 amide bonds. The van der Waals surface area contributed by atoms with Crippen LogP contribution in [-0.4, -0.2) is 13.2 Å². The molecule has 0 aliphatic heterocycles. The fourth-order valence-electron chi connectivity index (χ4n) is 3.84. The molecule has 0 unspecified atom stereocenters. The van der Waals surface area contributed by atoms with E-state index < -0.39 is 0 Å². The average Bonchev–Trinajstić information content (AvgIpc) is 2.68. The summed E-state index contributed by atoms with van der Waals surface area (Å²) in [5.74, 6) is 0. The summed E-state index contributed by atoms with van der Waals surface area (Å²) in [7, 11) is 0. The van der Waals surface area contributed by atoms with Crippen LogP contribution in [0, 0.1) is 0 Å². The van der Waals surface area contributed by atoms with Crippen LogP contribution in [0.3, 0.4) is 0 Å². The van der Waals surface area contributed by atoms with Crippen LogP contribution in [0.4, 0.5) is 0 Å². The first-order chi connectivity index (χ1) is 13.4. The van der Waals surface area contributed by atoms with Gasteiger partial charge in [-0.25, -0.2) is 0 Å². The quantitative estimate of drug-likeness (QED) is 0.167. The van der Waals surface area contributed by atoms with Gasteiger partial charge in [0.1, 0.15) is 0 Å². The van der Waals surface area contributed by atoms with Gasteiger partial charge in [-0.3, -0.25) is 0 Å². The molecular formula is C26H56Na2O. The number of hydrogen-bond acceptors (Lipinski definition) is 1. The maximum absolute atomic E-state index is 5.80. The Balaban J connectivity index is -0.000000563. The van der Waals surface area contributed by atoms with Gasteiger partial charge < -0.3 is 7.59 Å². The first kappa shape index (κ1) is 35.5. The summed E-state index contributed by atoms with van der Waals surface area (Å²) in [6, 6.07) is 0. The minimum atomic E-state index is 0. The van der Waals surface area contributed by atoms with E-state index in [0.29, 0.717) is 0 Å². The van der Waals surface area contributed by atoms with Crippen LogP contribution in [0.2, 0.25) is 0 Å². The van der Waals surface area contributed by atoms with Crippen molar-refractivity contribution in [1.82, 2.24) is 0 Å². The molecule has 0 aromatic carbocycles. The molecule has 0 bridgehead atoms. The molecule has 0 saturated carbocycles. The Bertz CT molecular complexity index is 236. The van der Waals surface area contributed by atoms with Crippen LogP contribution < -0.4 is 59.1 Å². The van der Waals surface area contributed by atoms with E-state index in [4.69, 9.17) is 4.74 Å². The third kappa shape index (κ3) is 34.8. The van der Waals surface area contributed by atoms with Gasteiger partial charge in [0, 0.05) is 13.2 Å². The summed E-state index contributed by atoms with van der Waals surface area (Å²) in [4.78, 5) is 0.